The number of halogens is 2. The fourth-order valence-electron chi connectivity index (χ4n) is 4.70. The van der Waals surface area contributed by atoms with Crippen molar-refractivity contribution in [3.8, 4) is 0 Å². The number of hydrogen-bond donors (Lipinski definition) is 1. The van der Waals surface area contributed by atoms with E-state index in [1.807, 2.05) is 17.0 Å². The monoisotopic (exact) mass is 417 g/mol. The molecule has 1 amide bonds. The van der Waals surface area contributed by atoms with Gasteiger partial charge < -0.3 is 14.6 Å². The van der Waals surface area contributed by atoms with Crippen LogP contribution in [-0.4, -0.2) is 55.0 Å². The quantitative estimate of drug-likeness (QED) is 0.816. The fourth-order valence-corrected chi connectivity index (χ4v) is 4.70. The highest BCUT2D eigenvalue weighted by Crippen LogP contribution is 2.36. The van der Waals surface area contributed by atoms with Crippen LogP contribution < -0.4 is 5.32 Å². The van der Waals surface area contributed by atoms with Crippen molar-refractivity contribution < 1.29 is 9.21 Å². The second-order valence-electron chi connectivity index (χ2n) is 8.48. The van der Waals surface area contributed by atoms with E-state index < -0.39 is 0 Å². The van der Waals surface area contributed by atoms with Crippen molar-refractivity contribution in [1.29, 1.82) is 0 Å². The highest BCUT2D eigenvalue weighted by molar-refractivity contribution is 5.91. The lowest BCUT2D eigenvalue weighted by Gasteiger charge is -2.39. The first kappa shape index (κ1) is 22.5. The molecule has 0 aliphatic carbocycles. The molecule has 3 aliphatic rings. The van der Waals surface area contributed by atoms with Gasteiger partial charge in [-0.3, -0.25) is 9.69 Å². The summed E-state index contributed by atoms with van der Waals surface area (Å²) in [4.78, 5) is 17.3. The summed E-state index contributed by atoms with van der Waals surface area (Å²) in [6.45, 7) is 9.29. The molecule has 1 atom stereocenters. The third kappa shape index (κ3) is 5.20. The van der Waals surface area contributed by atoms with Gasteiger partial charge in [0, 0.05) is 25.0 Å². The van der Waals surface area contributed by atoms with Crippen LogP contribution in [0.4, 0.5) is 0 Å². The minimum Gasteiger partial charge on any atom is -0.455 e. The summed E-state index contributed by atoms with van der Waals surface area (Å²) in [6, 6.07) is 3.86. The zero-order valence-electron chi connectivity index (χ0n) is 16.2. The summed E-state index contributed by atoms with van der Waals surface area (Å²) in [7, 11) is 0. The lowest BCUT2D eigenvalue weighted by atomic mass is 9.79. The van der Waals surface area contributed by atoms with Gasteiger partial charge in [-0.25, -0.2) is 0 Å². The van der Waals surface area contributed by atoms with Crippen molar-refractivity contribution in [1.82, 2.24) is 15.1 Å². The summed E-state index contributed by atoms with van der Waals surface area (Å²) in [6.07, 6.45) is 6.05. The van der Waals surface area contributed by atoms with Gasteiger partial charge >= 0.3 is 0 Å². The van der Waals surface area contributed by atoms with Gasteiger partial charge in [-0.2, -0.15) is 0 Å². The molecular formula is C20H33Cl2N3O2. The van der Waals surface area contributed by atoms with Gasteiger partial charge in [0.25, 0.3) is 5.91 Å². The normalized spacial score (nSPS) is 26.6. The number of rotatable bonds is 3. The molecule has 0 radical (unpaired) electrons. The Balaban J connectivity index is 0.00000131. The number of carbonyl (C=O) groups is 1. The number of furan rings is 1. The maximum atomic E-state index is 12.9. The van der Waals surface area contributed by atoms with E-state index in [2.05, 4.69) is 17.1 Å². The van der Waals surface area contributed by atoms with E-state index in [9.17, 15) is 4.79 Å². The first-order valence-electron chi connectivity index (χ1n) is 9.95. The van der Waals surface area contributed by atoms with Crippen molar-refractivity contribution in [2.24, 2.45) is 11.3 Å². The van der Waals surface area contributed by atoms with Crippen LogP contribution >= 0.6 is 24.8 Å². The van der Waals surface area contributed by atoms with Gasteiger partial charge in [-0.15, -0.1) is 24.8 Å². The molecule has 5 nitrogen and oxygen atoms in total. The molecule has 1 aromatic heterocycles. The molecule has 1 N–H and O–H groups in total. The molecule has 27 heavy (non-hydrogen) atoms. The number of piperidine rings is 2. The Morgan fingerprint density at radius 2 is 2.00 bits per heavy atom. The number of amides is 1. The molecule has 0 bridgehead atoms. The maximum absolute atomic E-state index is 12.9. The molecule has 1 aromatic rings. The van der Waals surface area contributed by atoms with Crippen molar-refractivity contribution in [3.63, 3.8) is 0 Å². The predicted molar refractivity (Wildman–Crippen MR) is 112 cm³/mol. The molecule has 154 valence electrons. The second kappa shape index (κ2) is 9.64. The van der Waals surface area contributed by atoms with Gasteiger partial charge in [-0.1, -0.05) is 6.92 Å². The fraction of sp³-hybridized carbons (Fsp3) is 0.750. The summed E-state index contributed by atoms with van der Waals surface area (Å²) < 4.78 is 5.93. The molecule has 4 rings (SSSR count). The number of nitrogens with one attached hydrogen (secondary N) is 1. The van der Waals surface area contributed by atoms with Crippen LogP contribution in [0.25, 0.3) is 0 Å². The van der Waals surface area contributed by atoms with Gasteiger partial charge in [0.15, 0.2) is 5.76 Å². The second-order valence-corrected chi connectivity index (χ2v) is 8.48. The Morgan fingerprint density at radius 1 is 1.22 bits per heavy atom. The minimum atomic E-state index is 0. The minimum absolute atomic E-state index is 0. The Hall–Kier alpha value is -0.750. The topological polar surface area (TPSA) is 48.7 Å². The predicted octanol–water partition coefficient (Wildman–Crippen LogP) is 3.57. The lowest BCUT2D eigenvalue weighted by Crippen LogP contribution is -2.47. The van der Waals surface area contributed by atoms with E-state index >= 15 is 0 Å². The average Bonchev–Trinajstić information content (AvgIpc) is 3.26. The van der Waals surface area contributed by atoms with E-state index in [-0.39, 0.29) is 30.7 Å². The summed E-state index contributed by atoms with van der Waals surface area (Å²) >= 11 is 0. The van der Waals surface area contributed by atoms with Crippen LogP contribution in [0.1, 0.15) is 55.3 Å². The smallest absolute Gasteiger partial charge is 0.289 e. The number of nitrogens with zero attached hydrogens (tertiary/aromatic N) is 2. The third-order valence-corrected chi connectivity index (χ3v) is 6.41. The van der Waals surface area contributed by atoms with E-state index in [1.165, 1.54) is 25.7 Å². The molecule has 1 spiro atoms. The molecule has 7 heteroatoms. The number of likely N-dealkylation sites (tertiary alicyclic amines) is 2. The zero-order chi connectivity index (χ0) is 17.3. The lowest BCUT2D eigenvalue weighted by molar-refractivity contribution is 0.0519. The Kier molecular flexibility index (Phi) is 8.05. The van der Waals surface area contributed by atoms with Crippen molar-refractivity contribution in [2.75, 3.05) is 39.3 Å². The zero-order valence-corrected chi connectivity index (χ0v) is 17.9. The Morgan fingerprint density at radius 3 is 2.70 bits per heavy atom. The van der Waals surface area contributed by atoms with Crippen LogP contribution in [0, 0.1) is 11.3 Å². The summed E-state index contributed by atoms with van der Waals surface area (Å²) in [5.41, 5.74) is 0.299. The van der Waals surface area contributed by atoms with Crippen LogP contribution in [0.5, 0.6) is 0 Å². The van der Waals surface area contributed by atoms with Crippen molar-refractivity contribution >= 4 is 30.7 Å². The molecule has 0 saturated carbocycles. The standard InChI is InChI=1S/C20H31N3O2.2ClH/c1-16-5-11-22(12-6-16)13-17-3-4-18(25-17)19(24)23-10-2-7-20(15-23)8-9-21-14-20;;/h3-4,16,21H,2,5-15H2,1H3;2*1H. The highest BCUT2D eigenvalue weighted by atomic mass is 35.5. The third-order valence-electron chi connectivity index (χ3n) is 6.41. The van der Waals surface area contributed by atoms with Crippen molar-refractivity contribution in [2.45, 2.75) is 45.6 Å². The van der Waals surface area contributed by atoms with Crippen LogP contribution in [0.3, 0.4) is 0 Å². The molecule has 4 heterocycles. The van der Waals surface area contributed by atoms with Gasteiger partial charge in [-0.05, 0) is 69.8 Å². The Bertz CT molecular complexity index is 608. The van der Waals surface area contributed by atoms with Crippen LogP contribution in [0.2, 0.25) is 0 Å². The van der Waals surface area contributed by atoms with Crippen LogP contribution in [0.15, 0.2) is 16.5 Å². The highest BCUT2D eigenvalue weighted by Gasteiger charge is 2.39. The largest absolute Gasteiger partial charge is 0.455 e. The molecule has 3 saturated heterocycles. The van der Waals surface area contributed by atoms with E-state index in [1.54, 1.807) is 0 Å². The molecule has 0 aromatic carbocycles. The van der Waals surface area contributed by atoms with E-state index in [4.69, 9.17) is 4.42 Å². The molecule has 3 aliphatic heterocycles. The van der Waals surface area contributed by atoms with Crippen molar-refractivity contribution in [3.05, 3.63) is 23.7 Å². The Labute approximate surface area is 175 Å². The van der Waals surface area contributed by atoms with Crippen LogP contribution in [-0.2, 0) is 6.54 Å². The first-order chi connectivity index (χ1) is 12.1. The maximum Gasteiger partial charge on any atom is 0.289 e. The van der Waals surface area contributed by atoms with E-state index in [0.29, 0.717) is 11.2 Å². The molecule has 1 unspecified atom stereocenters. The van der Waals surface area contributed by atoms with E-state index in [0.717, 1.165) is 63.9 Å². The average molecular weight is 418 g/mol. The number of carbonyl (C=O) groups excluding carboxylic acids is 1. The molecule has 3 fully saturated rings. The van der Waals surface area contributed by atoms with Gasteiger partial charge in [0.1, 0.15) is 5.76 Å². The summed E-state index contributed by atoms with van der Waals surface area (Å²) in [5.74, 6) is 2.35. The summed E-state index contributed by atoms with van der Waals surface area (Å²) in [5, 5.41) is 3.47. The first-order valence-corrected chi connectivity index (χ1v) is 9.95. The van der Waals surface area contributed by atoms with Gasteiger partial charge in [0.2, 0.25) is 0 Å². The SMILES string of the molecule is CC1CCN(Cc2ccc(C(=O)N3CCCC4(CCNC4)C3)o2)CC1.Cl.Cl. The molecular weight excluding hydrogens is 385 g/mol. The number of hydrogen-bond acceptors (Lipinski definition) is 4. The van der Waals surface area contributed by atoms with Gasteiger partial charge in [0.05, 0.1) is 6.54 Å².